The number of ether oxygens (including phenoxy) is 1. The first-order valence-corrected chi connectivity index (χ1v) is 13.4. The Hall–Kier alpha value is -3.41. The third-order valence-electron chi connectivity index (χ3n) is 7.76. The van der Waals surface area contributed by atoms with Gasteiger partial charge in [-0.1, -0.05) is 13.8 Å². The third kappa shape index (κ3) is 6.97. The summed E-state index contributed by atoms with van der Waals surface area (Å²) in [6, 6.07) is 0.680. The molecule has 39 heavy (non-hydrogen) atoms. The van der Waals surface area contributed by atoms with E-state index in [-0.39, 0.29) is 18.1 Å². The van der Waals surface area contributed by atoms with Gasteiger partial charge in [0.25, 0.3) is 0 Å². The lowest BCUT2D eigenvalue weighted by Gasteiger charge is -2.34. The second-order valence-electron chi connectivity index (χ2n) is 10.4. The fourth-order valence-electron chi connectivity index (χ4n) is 5.22. The molecule has 2 aromatic rings. The normalized spacial score (nSPS) is 21.3. The minimum Gasteiger partial charge on any atom is -0.490 e. The minimum absolute atomic E-state index is 0.0462. The van der Waals surface area contributed by atoms with Crippen molar-refractivity contribution in [1.82, 2.24) is 14.9 Å². The highest BCUT2D eigenvalue weighted by molar-refractivity contribution is 5.92. The maximum absolute atomic E-state index is 14.3. The molecule has 3 atom stereocenters. The molecule has 2 amide bonds. The Morgan fingerprint density at radius 1 is 1.13 bits per heavy atom. The van der Waals surface area contributed by atoms with Crippen molar-refractivity contribution in [3.8, 4) is 5.75 Å². The van der Waals surface area contributed by atoms with Gasteiger partial charge in [0.05, 0.1) is 19.0 Å². The van der Waals surface area contributed by atoms with Crippen molar-refractivity contribution >= 4 is 17.8 Å². The fraction of sp³-hybridized carbons (Fsp3) is 0.556. The van der Waals surface area contributed by atoms with E-state index in [1.165, 1.54) is 0 Å². The predicted molar refractivity (Wildman–Crippen MR) is 142 cm³/mol. The van der Waals surface area contributed by atoms with Gasteiger partial charge in [0.15, 0.2) is 17.4 Å². The molecule has 0 saturated carbocycles. The number of likely N-dealkylation sites (tertiary alicyclic amines) is 1. The zero-order valence-corrected chi connectivity index (χ0v) is 22.3. The van der Waals surface area contributed by atoms with E-state index in [4.69, 9.17) is 16.2 Å². The van der Waals surface area contributed by atoms with Gasteiger partial charge in [0, 0.05) is 50.6 Å². The summed E-state index contributed by atoms with van der Waals surface area (Å²) in [6.07, 6.45) is 6.40. The van der Waals surface area contributed by atoms with Crippen LogP contribution in [0.2, 0.25) is 0 Å². The van der Waals surface area contributed by atoms with Crippen molar-refractivity contribution in [2.75, 3.05) is 37.7 Å². The van der Waals surface area contributed by atoms with E-state index in [9.17, 15) is 18.0 Å². The molecular weight excluding hydrogens is 511 g/mol. The van der Waals surface area contributed by atoms with Crippen molar-refractivity contribution in [2.24, 2.45) is 28.3 Å². The summed E-state index contributed by atoms with van der Waals surface area (Å²) in [5.74, 6) is -1.46. The molecule has 4 N–H and O–H groups in total. The number of amides is 2. The smallest absolute Gasteiger partial charge is 0.345 e. The number of urea groups is 1. The van der Waals surface area contributed by atoms with Crippen molar-refractivity contribution < 1.29 is 22.7 Å². The highest BCUT2D eigenvalue weighted by Crippen LogP contribution is 2.32. The number of carbonyl (C=O) groups excluding carboxylic acids is 1. The lowest BCUT2D eigenvalue weighted by atomic mass is 9.84. The molecule has 2 saturated heterocycles. The zero-order chi connectivity index (χ0) is 28.1. The molecular formula is C27H36F3N7O2. The third-order valence-corrected chi connectivity index (χ3v) is 7.76. The van der Waals surface area contributed by atoms with Crippen molar-refractivity contribution in [1.29, 1.82) is 0 Å². The molecule has 212 valence electrons. The molecule has 0 aliphatic carbocycles. The molecule has 3 heterocycles. The summed E-state index contributed by atoms with van der Waals surface area (Å²) in [7, 11) is 0. The number of anilines is 1. The highest BCUT2D eigenvalue weighted by Gasteiger charge is 2.35. The van der Waals surface area contributed by atoms with Crippen LogP contribution in [0.1, 0.15) is 51.0 Å². The van der Waals surface area contributed by atoms with Crippen molar-refractivity contribution in [3.05, 3.63) is 47.5 Å². The fourth-order valence-corrected chi connectivity index (χ4v) is 5.22. The second-order valence-corrected chi connectivity index (χ2v) is 10.4. The number of rotatable bonds is 8. The minimum atomic E-state index is -1.23. The highest BCUT2D eigenvalue weighted by atomic mass is 19.2. The SMILES string of the molecule is CCC(N)=NC(=O)N1CCC(C(C)CCOc2cnc(N3CC(N)C(c4cc(F)c(F)cc4F)C3)nc2)CC1. The molecule has 2 fully saturated rings. The lowest BCUT2D eigenvalue weighted by Crippen LogP contribution is -2.39. The van der Waals surface area contributed by atoms with E-state index in [2.05, 4.69) is 21.9 Å². The van der Waals surface area contributed by atoms with Gasteiger partial charge in [-0.2, -0.15) is 4.99 Å². The molecule has 1 aromatic heterocycles. The Bertz CT molecular complexity index is 1170. The van der Waals surface area contributed by atoms with Gasteiger partial charge in [-0.25, -0.2) is 27.9 Å². The van der Waals surface area contributed by atoms with Gasteiger partial charge in [-0.05, 0) is 42.7 Å². The summed E-state index contributed by atoms with van der Waals surface area (Å²) in [4.78, 5) is 28.4. The molecule has 4 rings (SSSR count). The molecule has 2 aliphatic heterocycles. The molecule has 1 aromatic carbocycles. The van der Waals surface area contributed by atoms with Gasteiger partial charge in [-0.15, -0.1) is 0 Å². The number of benzene rings is 1. The van der Waals surface area contributed by atoms with E-state index >= 15 is 0 Å². The van der Waals surface area contributed by atoms with Crippen LogP contribution >= 0.6 is 0 Å². The van der Waals surface area contributed by atoms with Crippen LogP contribution in [-0.4, -0.2) is 65.6 Å². The Kier molecular flexibility index (Phi) is 9.26. The first-order chi connectivity index (χ1) is 18.7. The summed E-state index contributed by atoms with van der Waals surface area (Å²) < 4.78 is 47.2. The van der Waals surface area contributed by atoms with Gasteiger partial charge in [0.1, 0.15) is 11.7 Å². The van der Waals surface area contributed by atoms with Gasteiger partial charge in [0.2, 0.25) is 5.95 Å². The summed E-state index contributed by atoms with van der Waals surface area (Å²) in [5, 5.41) is 0. The number of hydrogen-bond donors (Lipinski definition) is 2. The number of carbonyl (C=O) groups is 1. The van der Waals surface area contributed by atoms with E-state index in [1.54, 1.807) is 22.2 Å². The summed E-state index contributed by atoms with van der Waals surface area (Å²) >= 11 is 0. The number of nitrogens with two attached hydrogens (primary N) is 2. The van der Waals surface area contributed by atoms with Crippen LogP contribution in [0.15, 0.2) is 29.5 Å². The predicted octanol–water partition coefficient (Wildman–Crippen LogP) is 3.83. The standard InChI is InChI=1S/C27H36F3N7O2/c1-3-25(32)35-27(38)36-7-4-17(5-8-36)16(2)6-9-39-18-12-33-26(34-13-18)37-14-20(24(31)15-37)19-10-22(29)23(30)11-21(19)28/h10-13,16-17,20,24H,3-9,14-15,31H2,1-2H3,(H2,32,35,38). The summed E-state index contributed by atoms with van der Waals surface area (Å²) in [6.45, 7) is 6.55. The first kappa shape index (κ1) is 28.6. The summed E-state index contributed by atoms with van der Waals surface area (Å²) in [5.41, 5.74) is 11.9. The maximum Gasteiger partial charge on any atom is 0.345 e. The number of nitrogens with zero attached hydrogens (tertiary/aromatic N) is 5. The van der Waals surface area contributed by atoms with Crippen molar-refractivity contribution in [2.45, 2.75) is 51.5 Å². The largest absolute Gasteiger partial charge is 0.490 e. The Balaban J connectivity index is 1.23. The average molecular weight is 548 g/mol. The molecule has 3 unspecified atom stereocenters. The number of hydrogen-bond acceptors (Lipinski definition) is 6. The average Bonchev–Trinajstić information content (AvgIpc) is 3.32. The molecule has 12 heteroatoms. The van der Waals surface area contributed by atoms with Crippen LogP contribution < -0.4 is 21.1 Å². The Morgan fingerprint density at radius 3 is 2.46 bits per heavy atom. The van der Waals surface area contributed by atoms with Crippen molar-refractivity contribution in [3.63, 3.8) is 0 Å². The van der Waals surface area contributed by atoms with E-state index < -0.39 is 29.4 Å². The molecule has 9 nitrogen and oxygen atoms in total. The molecule has 0 radical (unpaired) electrons. The Labute approximate surface area is 226 Å². The first-order valence-electron chi connectivity index (χ1n) is 13.4. The maximum atomic E-state index is 14.3. The quantitative estimate of drug-likeness (QED) is 0.293. The number of piperidine rings is 1. The number of aliphatic imine (C=N–C) groups is 1. The zero-order valence-electron chi connectivity index (χ0n) is 22.3. The Morgan fingerprint density at radius 2 is 1.79 bits per heavy atom. The topological polar surface area (TPSA) is 123 Å². The van der Waals surface area contributed by atoms with E-state index in [1.807, 2.05) is 6.92 Å². The van der Waals surface area contributed by atoms with Crippen LogP contribution in [0.4, 0.5) is 23.9 Å². The van der Waals surface area contributed by atoms with Gasteiger partial charge >= 0.3 is 6.03 Å². The second kappa shape index (κ2) is 12.6. The van der Waals surface area contributed by atoms with E-state index in [0.29, 0.717) is 68.1 Å². The van der Waals surface area contributed by atoms with Crippen LogP contribution in [0.25, 0.3) is 0 Å². The van der Waals surface area contributed by atoms with Crippen LogP contribution in [0.5, 0.6) is 5.75 Å². The molecule has 2 aliphatic rings. The van der Waals surface area contributed by atoms with Crippen LogP contribution in [0.3, 0.4) is 0 Å². The van der Waals surface area contributed by atoms with E-state index in [0.717, 1.165) is 25.3 Å². The monoisotopic (exact) mass is 547 g/mol. The van der Waals surface area contributed by atoms with Crippen LogP contribution in [0, 0.1) is 29.3 Å². The lowest BCUT2D eigenvalue weighted by molar-refractivity contribution is 0.149. The number of aromatic nitrogens is 2. The van der Waals surface area contributed by atoms with Gasteiger partial charge < -0.3 is 26.0 Å². The molecule has 0 spiro atoms. The number of halogens is 3. The molecule has 0 bridgehead atoms. The van der Waals surface area contributed by atoms with Crippen LogP contribution in [-0.2, 0) is 0 Å². The van der Waals surface area contributed by atoms with Gasteiger partial charge in [-0.3, -0.25) is 0 Å². The number of amidine groups is 1.